The van der Waals surface area contributed by atoms with E-state index in [4.69, 9.17) is 13.9 Å². The van der Waals surface area contributed by atoms with Gasteiger partial charge in [-0.2, -0.15) is 0 Å². The molecule has 0 spiro atoms. The van der Waals surface area contributed by atoms with Crippen LogP contribution in [0.25, 0.3) is 27.7 Å². The van der Waals surface area contributed by atoms with Crippen molar-refractivity contribution in [3.8, 4) is 22.6 Å². The summed E-state index contributed by atoms with van der Waals surface area (Å²) in [5, 5.41) is 3.72. The number of nitrogens with one attached hydrogen (secondary N) is 1. The third kappa shape index (κ3) is 4.46. The number of ether oxygens (including phenoxy) is 2. The normalized spacial score (nSPS) is 11.5. The van der Waals surface area contributed by atoms with Gasteiger partial charge in [-0.15, -0.1) is 0 Å². The van der Waals surface area contributed by atoms with Gasteiger partial charge in [0.15, 0.2) is 0 Å². The first-order chi connectivity index (χ1) is 16.0. The summed E-state index contributed by atoms with van der Waals surface area (Å²) in [6, 6.07) is 15.2. The summed E-state index contributed by atoms with van der Waals surface area (Å²) < 4.78 is 17.5. The Hall–Kier alpha value is -4.06. The number of nitrogens with zero attached hydrogens (tertiary/aromatic N) is 1. The van der Waals surface area contributed by atoms with E-state index in [1.54, 1.807) is 37.8 Å². The van der Waals surface area contributed by atoms with Crippen LogP contribution in [0.2, 0.25) is 0 Å². The van der Waals surface area contributed by atoms with E-state index < -0.39 is 0 Å². The lowest BCUT2D eigenvalue weighted by atomic mass is 9.96. The molecule has 0 aliphatic heterocycles. The second-order valence-electron chi connectivity index (χ2n) is 7.57. The second-order valence-corrected chi connectivity index (χ2v) is 7.57. The fourth-order valence-corrected chi connectivity index (χ4v) is 3.89. The predicted molar refractivity (Wildman–Crippen MR) is 131 cm³/mol. The van der Waals surface area contributed by atoms with E-state index in [1.807, 2.05) is 57.2 Å². The summed E-state index contributed by atoms with van der Waals surface area (Å²) in [6.45, 7) is 6.28. The quantitative estimate of drug-likeness (QED) is 0.342. The molecular weight excluding hydrogens is 416 g/mol. The summed E-state index contributed by atoms with van der Waals surface area (Å²) >= 11 is 0. The van der Waals surface area contributed by atoms with Gasteiger partial charge in [0.05, 0.1) is 20.0 Å². The molecule has 0 fully saturated rings. The highest BCUT2D eigenvalue weighted by atomic mass is 16.5. The third-order valence-electron chi connectivity index (χ3n) is 5.42. The molecule has 1 amide bonds. The summed E-state index contributed by atoms with van der Waals surface area (Å²) in [4.78, 5) is 16.8. The van der Waals surface area contributed by atoms with E-state index in [1.165, 1.54) is 0 Å². The van der Waals surface area contributed by atoms with Gasteiger partial charge in [-0.25, -0.2) is 4.98 Å². The summed E-state index contributed by atoms with van der Waals surface area (Å²) in [6.07, 6.45) is 4.93. The average Bonchev–Trinajstić information content (AvgIpc) is 3.25. The number of amides is 1. The largest absolute Gasteiger partial charge is 0.496 e. The Morgan fingerprint density at radius 2 is 1.94 bits per heavy atom. The van der Waals surface area contributed by atoms with Crippen molar-refractivity contribution in [2.24, 2.45) is 0 Å². The number of methoxy groups -OCH3 is 1. The molecule has 168 valence electrons. The number of aryl methyl sites for hydroxylation is 1. The van der Waals surface area contributed by atoms with Crippen molar-refractivity contribution in [1.82, 2.24) is 4.98 Å². The number of aromatic nitrogens is 1. The first-order valence-corrected chi connectivity index (χ1v) is 10.7. The van der Waals surface area contributed by atoms with Gasteiger partial charge in [-0.05, 0) is 50.6 Å². The fraction of sp³-hybridized carbons (Fsp3) is 0.185. The standard InChI is InChI=1S/C27H26N2O4/c1-5-32-26-18(3)27-21(22(16-33-27)19-10-6-7-11-23(19)31-4)15-20(26)17(2)14-25(30)29-24-12-8-9-13-28-24/h6-16H,5H2,1-4H3,(H,28,29,30)/b17-14+. The first kappa shape index (κ1) is 22.1. The van der Waals surface area contributed by atoms with E-state index in [9.17, 15) is 4.79 Å². The Labute approximate surface area is 192 Å². The van der Waals surface area contributed by atoms with Crippen molar-refractivity contribution in [1.29, 1.82) is 0 Å². The van der Waals surface area contributed by atoms with Crippen molar-refractivity contribution in [3.05, 3.63) is 78.2 Å². The Morgan fingerprint density at radius 3 is 2.67 bits per heavy atom. The van der Waals surface area contributed by atoms with Crippen LogP contribution >= 0.6 is 0 Å². The highest BCUT2D eigenvalue weighted by Crippen LogP contribution is 2.42. The Bertz CT molecular complexity index is 1320. The molecule has 0 bridgehead atoms. The Balaban J connectivity index is 1.82. The number of rotatable bonds is 7. The molecule has 4 aromatic rings. The van der Waals surface area contributed by atoms with Gasteiger partial charge in [0.25, 0.3) is 0 Å². The Kier molecular flexibility index (Phi) is 6.45. The van der Waals surface area contributed by atoms with Crippen LogP contribution in [-0.2, 0) is 4.79 Å². The maximum Gasteiger partial charge on any atom is 0.249 e. The minimum atomic E-state index is -0.261. The van der Waals surface area contributed by atoms with Gasteiger partial charge < -0.3 is 19.2 Å². The molecule has 6 heteroatoms. The van der Waals surface area contributed by atoms with Gasteiger partial charge in [-0.1, -0.05) is 24.3 Å². The van der Waals surface area contributed by atoms with Crippen LogP contribution in [0, 0.1) is 6.92 Å². The van der Waals surface area contributed by atoms with E-state index in [0.717, 1.165) is 44.5 Å². The van der Waals surface area contributed by atoms with Gasteiger partial charge in [0.2, 0.25) is 5.91 Å². The Morgan fingerprint density at radius 1 is 1.15 bits per heavy atom. The van der Waals surface area contributed by atoms with Crippen molar-refractivity contribution < 1.29 is 18.7 Å². The van der Waals surface area contributed by atoms with Crippen LogP contribution in [-0.4, -0.2) is 24.6 Å². The van der Waals surface area contributed by atoms with E-state index in [2.05, 4.69) is 10.3 Å². The highest BCUT2D eigenvalue weighted by molar-refractivity contribution is 6.05. The van der Waals surface area contributed by atoms with Gasteiger partial charge >= 0.3 is 0 Å². The fourth-order valence-electron chi connectivity index (χ4n) is 3.89. The number of hydrogen-bond donors (Lipinski definition) is 1. The zero-order valence-electron chi connectivity index (χ0n) is 19.1. The zero-order chi connectivity index (χ0) is 23.4. The lowest BCUT2D eigenvalue weighted by Gasteiger charge is -2.15. The molecule has 2 aromatic carbocycles. The van der Waals surface area contributed by atoms with Crippen LogP contribution in [0.5, 0.6) is 11.5 Å². The van der Waals surface area contributed by atoms with Crippen molar-refractivity contribution in [2.75, 3.05) is 19.0 Å². The zero-order valence-corrected chi connectivity index (χ0v) is 19.1. The first-order valence-electron chi connectivity index (χ1n) is 10.7. The highest BCUT2D eigenvalue weighted by Gasteiger charge is 2.20. The molecule has 0 aliphatic carbocycles. The van der Waals surface area contributed by atoms with Crippen molar-refractivity contribution in [2.45, 2.75) is 20.8 Å². The summed E-state index contributed by atoms with van der Waals surface area (Å²) in [5.74, 6) is 1.70. The van der Waals surface area contributed by atoms with Crippen LogP contribution in [0.3, 0.4) is 0 Å². The molecule has 1 N–H and O–H groups in total. The molecule has 0 radical (unpaired) electrons. The van der Waals surface area contributed by atoms with E-state index in [0.29, 0.717) is 18.2 Å². The second kappa shape index (κ2) is 9.61. The van der Waals surface area contributed by atoms with Crippen LogP contribution < -0.4 is 14.8 Å². The van der Waals surface area contributed by atoms with Gasteiger partial charge in [0.1, 0.15) is 22.9 Å². The minimum Gasteiger partial charge on any atom is -0.496 e. The van der Waals surface area contributed by atoms with Crippen LogP contribution in [0.1, 0.15) is 25.0 Å². The number of para-hydroxylation sites is 1. The number of carbonyl (C=O) groups excluding carboxylic acids is 1. The molecule has 2 heterocycles. The summed E-state index contributed by atoms with van der Waals surface area (Å²) in [5.41, 5.74) is 5.07. The molecule has 2 aromatic heterocycles. The van der Waals surface area contributed by atoms with Crippen LogP contribution in [0.15, 0.2) is 71.5 Å². The average molecular weight is 443 g/mol. The molecule has 6 nitrogen and oxygen atoms in total. The van der Waals surface area contributed by atoms with Crippen molar-refractivity contribution in [3.63, 3.8) is 0 Å². The monoisotopic (exact) mass is 442 g/mol. The lowest BCUT2D eigenvalue weighted by molar-refractivity contribution is -0.111. The van der Waals surface area contributed by atoms with Gasteiger partial charge in [-0.3, -0.25) is 4.79 Å². The number of carbonyl (C=O) groups is 1. The molecule has 0 saturated heterocycles. The van der Waals surface area contributed by atoms with E-state index in [-0.39, 0.29) is 5.91 Å². The molecule has 33 heavy (non-hydrogen) atoms. The predicted octanol–water partition coefficient (Wildman–Crippen LogP) is 6.25. The number of anilines is 1. The number of pyridine rings is 1. The maximum atomic E-state index is 12.6. The topological polar surface area (TPSA) is 73.6 Å². The van der Waals surface area contributed by atoms with Crippen molar-refractivity contribution >= 4 is 28.3 Å². The number of benzene rings is 2. The molecule has 0 aliphatic rings. The van der Waals surface area contributed by atoms with Crippen LogP contribution in [0.4, 0.5) is 5.82 Å². The minimum absolute atomic E-state index is 0.261. The summed E-state index contributed by atoms with van der Waals surface area (Å²) in [7, 11) is 1.65. The molecule has 4 rings (SSSR count). The van der Waals surface area contributed by atoms with Gasteiger partial charge in [0, 0.05) is 39.9 Å². The molecule has 0 unspecified atom stereocenters. The SMILES string of the molecule is CCOc1c(/C(C)=C/C(=O)Nc2ccccn2)cc2c(-c3ccccc3OC)coc2c1C. The number of allylic oxidation sites excluding steroid dienone is 1. The number of hydrogen-bond acceptors (Lipinski definition) is 5. The lowest BCUT2D eigenvalue weighted by Crippen LogP contribution is -2.10. The molecule has 0 atom stereocenters. The molecule has 0 saturated carbocycles. The maximum absolute atomic E-state index is 12.6. The smallest absolute Gasteiger partial charge is 0.249 e. The van der Waals surface area contributed by atoms with E-state index >= 15 is 0 Å². The number of fused-ring (bicyclic) bond motifs is 1. The number of furan rings is 1. The molecular formula is C27H26N2O4. The third-order valence-corrected chi connectivity index (χ3v) is 5.42.